The first-order valence-electron chi connectivity index (χ1n) is 3.56. The number of halogens is 1. The molecular weight excluding hydrogens is 164 g/mol. The van der Waals surface area contributed by atoms with Gasteiger partial charge in [-0.2, -0.15) is 0 Å². The lowest BCUT2D eigenvalue weighted by molar-refractivity contribution is -0.696. The van der Waals surface area contributed by atoms with E-state index in [1.165, 1.54) is 0 Å². The van der Waals surface area contributed by atoms with Crippen molar-refractivity contribution in [1.29, 1.82) is 0 Å². The molecule has 1 heterocycles. The number of aliphatic hydroxyl groups excluding tert-OH is 1. The van der Waals surface area contributed by atoms with E-state index in [-0.39, 0.29) is 12.4 Å². The average Bonchev–Trinajstić information content (AvgIpc) is 2.41. The number of unbranched alkanes of at least 4 members (excludes halogenated alkanes) is 1. The van der Waals surface area contributed by atoms with Crippen molar-refractivity contribution in [2.24, 2.45) is 0 Å². The van der Waals surface area contributed by atoms with E-state index in [2.05, 4.69) is 9.55 Å². The van der Waals surface area contributed by atoms with Crippen molar-refractivity contribution in [3.63, 3.8) is 0 Å². The summed E-state index contributed by atoms with van der Waals surface area (Å²) in [6, 6.07) is 0. The number of aromatic nitrogens is 2. The fourth-order valence-electron chi connectivity index (χ4n) is 0.866. The van der Waals surface area contributed by atoms with Gasteiger partial charge < -0.3 is 17.5 Å². The molecule has 64 valence electrons. The zero-order chi connectivity index (χ0) is 7.23. The fourth-order valence-corrected chi connectivity index (χ4v) is 0.866. The first-order chi connectivity index (χ1) is 4.93. The maximum Gasteiger partial charge on any atom is 0.241 e. The lowest BCUT2D eigenvalue weighted by atomic mass is 10.3. The van der Waals surface area contributed by atoms with Crippen LogP contribution in [0.5, 0.6) is 0 Å². The molecule has 0 aliphatic carbocycles. The monoisotopic (exact) mass is 176 g/mol. The minimum absolute atomic E-state index is 0. The van der Waals surface area contributed by atoms with Crippen LogP contribution >= 0.6 is 0 Å². The van der Waals surface area contributed by atoms with E-state index in [4.69, 9.17) is 5.11 Å². The Labute approximate surface area is 72.5 Å². The lowest BCUT2D eigenvalue weighted by Gasteiger charge is -1.92. The van der Waals surface area contributed by atoms with Crippen molar-refractivity contribution < 1.29 is 22.1 Å². The molecule has 0 bridgehead atoms. The second kappa shape index (κ2) is 6.19. The molecule has 2 N–H and O–H groups in total. The molecule has 0 amide bonds. The summed E-state index contributed by atoms with van der Waals surface area (Å²) < 4.78 is 2.07. The minimum atomic E-state index is 0. The summed E-state index contributed by atoms with van der Waals surface area (Å²) in [5.41, 5.74) is 0. The van der Waals surface area contributed by atoms with Crippen LogP contribution in [0.15, 0.2) is 18.7 Å². The van der Waals surface area contributed by atoms with Gasteiger partial charge in [-0.3, -0.25) is 4.98 Å². The van der Waals surface area contributed by atoms with Gasteiger partial charge in [-0.05, 0) is 12.8 Å². The van der Waals surface area contributed by atoms with Crippen LogP contribution in [0.3, 0.4) is 0 Å². The van der Waals surface area contributed by atoms with Crippen LogP contribution in [0, 0.1) is 0 Å². The lowest BCUT2D eigenvalue weighted by Crippen LogP contribution is -3.00. The van der Waals surface area contributed by atoms with Crippen molar-refractivity contribution in [3.8, 4) is 0 Å². The third-order valence-corrected chi connectivity index (χ3v) is 1.43. The largest absolute Gasteiger partial charge is 1.00 e. The maximum atomic E-state index is 8.48. The van der Waals surface area contributed by atoms with Gasteiger partial charge in [-0.25, -0.2) is 4.57 Å². The zero-order valence-corrected chi connectivity index (χ0v) is 7.09. The molecule has 1 aromatic rings. The van der Waals surface area contributed by atoms with Crippen molar-refractivity contribution in [3.05, 3.63) is 18.7 Å². The number of nitrogens with zero attached hydrogens (tertiary/aromatic N) is 1. The number of imidazole rings is 1. The Morgan fingerprint density at radius 2 is 2.18 bits per heavy atom. The zero-order valence-electron chi connectivity index (χ0n) is 6.33. The highest BCUT2D eigenvalue weighted by molar-refractivity contribution is 4.55. The SMILES string of the molecule is OCCCC[n+]1cc[nH]c1.[Cl-]. The molecule has 3 nitrogen and oxygen atoms in total. The molecule has 0 saturated heterocycles. The van der Waals surface area contributed by atoms with Crippen LogP contribution in [0.4, 0.5) is 0 Å². The van der Waals surface area contributed by atoms with Gasteiger partial charge in [-0.15, -0.1) is 0 Å². The fraction of sp³-hybridized carbons (Fsp3) is 0.571. The van der Waals surface area contributed by atoms with E-state index < -0.39 is 0 Å². The van der Waals surface area contributed by atoms with Gasteiger partial charge in [-0.1, -0.05) is 0 Å². The Bertz CT molecular complexity index is 165. The summed E-state index contributed by atoms with van der Waals surface area (Å²) in [5.74, 6) is 0. The van der Waals surface area contributed by atoms with Crippen LogP contribution < -0.4 is 17.0 Å². The molecule has 0 saturated carbocycles. The van der Waals surface area contributed by atoms with Crippen LogP contribution in [0.25, 0.3) is 0 Å². The third kappa shape index (κ3) is 4.01. The summed E-state index contributed by atoms with van der Waals surface area (Å²) >= 11 is 0. The number of aromatic amines is 1. The summed E-state index contributed by atoms with van der Waals surface area (Å²) in [7, 11) is 0. The van der Waals surface area contributed by atoms with Crippen LogP contribution in [-0.4, -0.2) is 16.7 Å². The van der Waals surface area contributed by atoms with Gasteiger partial charge in [0.1, 0.15) is 12.4 Å². The summed E-state index contributed by atoms with van der Waals surface area (Å²) in [6.45, 7) is 1.29. The highest BCUT2D eigenvalue weighted by Crippen LogP contribution is 1.85. The molecule has 0 unspecified atom stereocenters. The number of H-pyrrole nitrogens is 1. The third-order valence-electron chi connectivity index (χ3n) is 1.43. The molecule has 1 rings (SSSR count). The van der Waals surface area contributed by atoms with E-state index in [1.54, 1.807) is 0 Å². The van der Waals surface area contributed by atoms with Crippen LogP contribution in [0.1, 0.15) is 12.8 Å². The van der Waals surface area contributed by atoms with E-state index >= 15 is 0 Å². The number of rotatable bonds is 4. The van der Waals surface area contributed by atoms with Gasteiger partial charge in [0.05, 0.1) is 6.54 Å². The molecule has 0 aromatic carbocycles. The Balaban J connectivity index is 0.000001000. The second-order valence-electron chi connectivity index (χ2n) is 2.28. The predicted molar refractivity (Wildman–Crippen MR) is 37.3 cm³/mol. The number of hydrogen-bond acceptors (Lipinski definition) is 1. The van der Waals surface area contributed by atoms with Crippen molar-refractivity contribution in [2.45, 2.75) is 19.4 Å². The molecule has 11 heavy (non-hydrogen) atoms. The molecule has 0 radical (unpaired) electrons. The number of nitrogens with one attached hydrogen (secondary N) is 1. The van der Waals surface area contributed by atoms with Crippen LogP contribution in [-0.2, 0) is 6.54 Å². The Hall–Kier alpha value is -0.540. The number of aryl methyl sites for hydroxylation is 1. The number of hydrogen-bond donors (Lipinski definition) is 2. The minimum Gasteiger partial charge on any atom is -1.00 e. The molecule has 0 spiro atoms. The van der Waals surface area contributed by atoms with Gasteiger partial charge in [0.15, 0.2) is 0 Å². The van der Waals surface area contributed by atoms with E-state index in [1.807, 2.05) is 18.7 Å². The summed E-state index contributed by atoms with van der Waals surface area (Å²) in [6.07, 6.45) is 7.71. The quantitative estimate of drug-likeness (QED) is 0.375. The van der Waals surface area contributed by atoms with E-state index in [9.17, 15) is 0 Å². The van der Waals surface area contributed by atoms with E-state index in [0.29, 0.717) is 6.61 Å². The topological polar surface area (TPSA) is 39.9 Å². The predicted octanol–water partition coefficient (Wildman–Crippen LogP) is -2.92. The van der Waals surface area contributed by atoms with E-state index in [0.717, 1.165) is 19.4 Å². The molecule has 0 atom stereocenters. The highest BCUT2D eigenvalue weighted by Gasteiger charge is 1.94. The summed E-state index contributed by atoms with van der Waals surface area (Å²) in [5, 5.41) is 8.48. The first kappa shape index (κ1) is 10.5. The smallest absolute Gasteiger partial charge is 0.241 e. The second-order valence-corrected chi connectivity index (χ2v) is 2.28. The molecule has 0 fully saturated rings. The Morgan fingerprint density at radius 1 is 1.36 bits per heavy atom. The average molecular weight is 177 g/mol. The molecule has 0 aliphatic rings. The highest BCUT2D eigenvalue weighted by atomic mass is 35.5. The van der Waals surface area contributed by atoms with Crippen molar-refractivity contribution in [1.82, 2.24) is 4.98 Å². The van der Waals surface area contributed by atoms with Gasteiger partial charge in [0.25, 0.3) is 0 Å². The molecule has 4 heteroatoms. The van der Waals surface area contributed by atoms with Crippen molar-refractivity contribution in [2.75, 3.05) is 6.61 Å². The standard InChI is InChI=1S/C7H12N2O.ClH/c10-6-2-1-4-9-5-3-8-7-9;/h3,5,7,10H,1-2,4,6H2;1H. The Kier molecular flexibility index (Phi) is 5.88. The molecule has 1 aromatic heterocycles. The normalized spacial score (nSPS) is 9.18. The maximum absolute atomic E-state index is 8.48. The van der Waals surface area contributed by atoms with Gasteiger partial charge in [0.2, 0.25) is 6.33 Å². The van der Waals surface area contributed by atoms with Crippen molar-refractivity contribution >= 4 is 0 Å². The Morgan fingerprint density at radius 3 is 2.73 bits per heavy atom. The summed E-state index contributed by atoms with van der Waals surface area (Å²) in [4.78, 5) is 2.96. The first-order valence-corrected chi connectivity index (χ1v) is 3.56. The molecular formula is C7H13ClN2O. The van der Waals surface area contributed by atoms with Gasteiger partial charge in [0, 0.05) is 6.61 Å². The number of aliphatic hydroxyl groups is 1. The molecule has 0 aliphatic heterocycles. The van der Waals surface area contributed by atoms with Crippen LogP contribution in [0.2, 0.25) is 0 Å². The van der Waals surface area contributed by atoms with Gasteiger partial charge >= 0.3 is 0 Å².